The second-order valence-electron chi connectivity index (χ2n) is 5.32. The molecule has 19 heavy (non-hydrogen) atoms. The highest BCUT2D eigenvalue weighted by molar-refractivity contribution is 5.81. The van der Waals surface area contributed by atoms with Gasteiger partial charge in [0.1, 0.15) is 0 Å². The number of piperidine rings is 1. The predicted molar refractivity (Wildman–Crippen MR) is 75.5 cm³/mol. The molecule has 1 aliphatic rings. The zero-order chi connectivity index (χ0) is 13.7. The van der Waals surface area contributed by atoms with Crippen LogP contribution in [0, 0.1) is 5.92 Å². The summed E-state index contributed by atoms with van der Waals surface area (Å²) >= 11 is 0. The van der Waals surface area contributed by atoms with Gasteiger partial charge in [0.25, 0.3) is 0 Å². The Hall–Kier alpha value is -1.42. The molecular weight excluding hydrogens is 238 g/mol. The van der Waals surface area contributed by atoms with Gasteiger partial charge in [-0.1, -0.05) is 19.4 Å². The maximum absolute atomic E-state index is 12.4. The third-order valence-corrected chi connectivity index (χ3v) is 3.89. The first kappa shape index (κ1) is 14.0. The Morgan fingerprint density at radius 1 is 1.53 bits per heavy atom. The van der Waals surface area contributed by atoms with Crippen molar-refractivity contribution in [2.24, 2.45) is 5.92 Å². The summed E-state index contributed by atoms with van der Waals surface area (Å²) in [5, 5.41) is 3.34. The molecular formula is C15H23N3O. The Morgan fingerprint density at radius 2 is 2.37 bits per heavy atom. The molecule has 0 spiro atoms. The van der Waals surface area contributed by atoms with Crippen LogP contribution in [-0.2, 0) is 11.3 Å². The van der Waals surface area contributed by atoms with Crippen molar-refractivity contribution in [1.29, 1.82) is 0 Å². The van der Waals surface area contributed by atoms with Gasteiger partial charge in [0.05, 0.1) is 18.3 Å². The topological polar surface area (TPSA) is 45.2 Å². The third kappa shape index (κ3) is 3.77. The van der Waals surface area contributed by atoms with E-state index in [0.717, 1.165) is 25.1 Å². The molecule has 0 aliphatic carbocycles. The van der Waals surface area contributed by atoms with E-state index in [1.807, 2.05) is 25.2 Å². The van der Waals surface area contributed by atoms with Gasteiger partial charge in [-0.3, -0.25) is 9.78 Å². The van der Waals surface area contributed by atoms with Crippen LogP contribution in [0.5, 0.6) is 0 Å². The molecule has 2 rings (SSSR count). The van der Waals surface area contributed by atoms with Gasteiger partial charge in [-0.2, -0.15) is 0 Å². The number of hydrogen-bond acceptors (Lipinski definition) is 3. The fraction of sp³-hybridized carbons (Fsp3) is 0.600. The van der Waals surface area contributed by atoms with Crippen LogP contribution in [0.25, 0.3) is 0 Å². The second kappa shape index (κ2) is 6.66. The molecule has 1 N–H and O–H groups in total. The molecule has 1 saturated heterocycles. The van der Waals surface area contributed by atoms with E-state index in [0.29, 0.717) is 12.5 Å². The molecule has 4 heteroatoms. The quantitative estimate of drug-likeness (QED) is 0.899. The molecule has 1 amide bonds. The first-order valence-electron chi connectivity index (χ1n) is 7.09. The zero-order valence-electron chi connectivity index (χ0n) is 11.8. The monoisotopic (exact) mass is 261 g/mol. The van der Waals surface area contributed by atoms with Crippen molar-refractivity contribution >= 4 is 5.91 Å². The van der Waals surface area contributed by atoms with Gasteiger partial charge < -0.3 is 10.2 Å². The molecule has 1 aromatic rings. The highest BCUT2D eigenvalue weighted by Gasteiger charge is 2.27. The Balaban J connectivity index is 1.91. The minimum atomic E-state index is -0.0209. The lowest BCUT2D eigenvalue weighted by Crippen LogP contribution is -2.49. The molecule has 1 aromatic heterocycles. The van der Waals surface area contributed by atoms with Crippen molar-refractivity contribution in [2.75, 3.05) is 13.6 Å². The van der Waals surface area contributed by atoms with Crippen LogP contribution < -0.4 is 5.32 Å². The average Bonchev–Trinajstić information content (AvgIpc) is 2.47. The normalized spacial score (nSPS) is 23.1. The summed E-state index contributed by atoms with van der Waals surface area (Å²) in [5.74, 6) is 0.863. The fourth-order valence-electron chi connectivity index (χ4n) is 2.63. The lowest BCUT2D eigenvalue weighted by molar-refractivity contribution is -0.133. The van der Waals surface area contributed by atoms with Crippen LogP contribution in [0.4, 0.5) is 0 Å². The van der Waals surface area contributed by atoms with Crippen LogP contribution in [0.1, 0.15) is 31.9 Å². The maximum atomic E-state index is 12.4. The third-order valence-electron chi connectivity index (χ3n) is 3.89. The lowest BCUT2D eigenvalue weighted by Gasteiger charge is -2.31. The number of amides is 1. The zero-order valence-corrected chi connectivity index (χ0v) is 11.8. The number of carbonyl (C=O) groups is 1. The first-order chi connectivity index (χ1) is 9.20. The van der Waals surface area contributed by atoms with Crippen molar-refractivity contribution in [3.63, 3.8) is 0 Å². The van der Waals surface area contributed by atoms with E-state index in [9.17, 15) is 4.79 Å². The van der Waals surface area contributed by atoms with Crippen LogP contribution in [0.15, 0.2) is 24.4 Å². The Labute approximate surface area is 115 Å². The van der Waals surface area contributed by atoms with E-state index in [2.05, 4.69) is 17.2 Å². The summed E-state index contributed by atoms with van der Waals surface area (Å²) in [5.41, 5.74) is 0.932. The number of nitrogens with one attached hydrogen (secondary N) is 1. The summed E-state index contributed by atoms with van der Waals surface area (Å²) in [6.45, 7) is 3.73. The summed E-state index contributed by atoms with van der Waals surface area (Å²) in [6.07, 6.45) is 5.07. The molecule has 0 saturated carbocycles. The van der Waals surface area contributed by atoms with E-state index in [1.165, 1.54) is 6.42 Å². The minimum Gasteiger partial charge on any atom is -0.339 e. The Morgan fingerprint density at radius 3 is 3.05 bits per heavy atom. The first-order valence-corrected chi connectivity index (χ1v) is 7.09. The van der Waals surface area contributed by atoms with Gasteiger partial charge in [-0.25, -0.2) is 0 Å². The number of hydrogen-bond donors (Lipinski definition) is 1. The number of rotatable bonds is 4. The maximum Gasteiger partial charge on any atom is 0.239 e. The lowest BCUT2D eigenvalue weighted by atomic mass is 9.90. The molecule has 0 radical (unpaired) electrons. The second-order valence-corrected chi connectivity index (χ2v) is 5.32. The molecule has 2 unspecified atom stereocenters. The minimum absolute atomic E-state index is 0.0209. The number of likely N-dealkylation sites (N-methyl/N-ethyl adjacent to an activating group) is 1. The average molecular weight is 261 g/mol. The Bertz CT molecular complexity index is 407. The summed E-state index contributed by atoms with van der Waals surface area (Å²) < 4.78 is 0. The summed E-state index contributed by atoms with van der Waals surface area (Å²) in [6, 6.07) is 5.77. The molecule has 1 aliphatic heterocycles. The fourth-order valence-corrected chi connectivity index (χ4v) is 2.63. The predicted octanol–water partition coefficient (Wildman–Crippen LogP) is 1.82. The molecule has 2 atom stereocenters. The van der Waals surface area contributed by atoms with E-state index in [4.69, 9.17) is 0 Å². The van der Waals surface area contributed by atoms with E-state index in [1.54, 1.807) is 11.1 Å². The number of carbonyl (C=O) groups excluding carboxylic acids is 1. The van der Waals surface area contributed by atoms with Crippen molar-refractivity contribution in [1.82, 2.24) is 15.2 Å². The van der Waals surface area contributed by atoms with Crippen LogP contribution in [-0.4, -0.2) is 35.4 Å². The van der Waals surface area contributed by atoms with Gasteiger partial charge in [-0.15, -0.1) is 0 Å². The van der Waals surface area contributed by atoms with Crippen molar-refractivity contribution < 1.29 is 4.79 Å². The largest absolute Gasteiger partial charge is 0.339 e. The molecule has 0 bridgehead atoms. The van der Waals surface area contributed by atoms with Crippen LogP contribution in [0.3, 0.4) is 0 Å². The summed E-state index contributed by atoms with van der Waals surface area (Å²) in [4.78, 5) is 18.4. The van der Waals surface area contributed by atoms with Crippen molar-refractivity contribution in [2.45, 2.75) is 38.8 Å². The highest BCUT2D eigenvalue weighted by Crippen LogP contribution is 2.20. The van der Waals surface area contributed by atoms with Gasteiger partial charge in [0, 0.05) is 13.2 Å². The van der Waals surface area contributed by atoms with Crippen molar-refractivity contribution in [3.05, 3.63) is 30.1 Å². The van der Waals surface area contributed by atoms with Gasteiger partial charge >= 0.3 is 0 Å². The number of pyridine rings is 1. The van der Waals surface area contributed by atoms with E-state index >= 15 is 0 Å². The SMILES string of the molecule is CCC1CCNC(C(=O)N(C)Cc2ccccn2)C1. The van der Waals surface area contributed by atoms with Crippen LogP contribution in [0.2, 0.25) is 0 Å². The van der Waals surface area contributed by atoms with E-state index in [-0.39, 0.29) is 11.9 Å². The molecule has 0 aromatic carbocycles. The van der Waals surface area contributed by atoms with Crippen molar-refractivity contribution in [3.8, 4) is 0 Å². The smallest absolute Gasteiger partial charge is 0.239 e. The summed E-state index contributed by atoms with van der Waals surface area (Å²) in [7, 11) is 1.86. The standard InChI is InChI=1S/C15H23N3O/c1-3-12-7-9-17-14(10-12)15(19)18(2)11-13-6-4-5-8-16-13/h4-6,8,12,14,17H,3,7,9-11H2,1-2H3. The number of nitrogens with zero attached hydrogens (tertiary/aromatic N) is 2. The van der Waals surface area contributed by atoms with Gasteiger partial charge in [0.2, 0.25) is 5.91 Å². The van der Waals surface area contributed by atoms with Crippen LogP contribution >= 0.6 is 0 Å². The highest BCUT2D eigenvalue weighted by atomic mass is 16.2. The molecule has 104 valence electrons. The number of aromatic nitrogens is 1. The molecule has 4 nitrogen and oxygen atoms in total. The van der Waals surface area contributed by atoms with Gasteiger partial charge in [-0.05, 0) is 37.4 Å². The molecule has 2 heterocycles. The Kier molecular flexibility index (Phi) is 4.91. The van der Waals surface area contributed by atoms with E-state index < -0.39 is 0 Å². The van der Waals surface area contributed by atoms with Gasteiger partial charge in [0.15, 0.2) is 0 Å². The molecule has 1 fully saturated rings.